The van der Waals surface area contributed by atoms with Gasteiger partial charge < -0.3 is 19.4 Å². The van der Waals surface area contributed by atoms with Crippen molar-refractivity contribution >= 4 is 40.0 Å². The van der Waals surface area contributed by atoms with Crippen LogP contribution in [0.3, 0.4) is 0 Å². The van der Waals surface area contributed by atoms with E-state index in [0.29, 0.717) is 21.5 Å². The Morgan fingerprint density at radius 2 is 1.92 bits per heavy atom. The van der Waals surface area contributed by atoms with Crippen molar-refractivity contribution in [3.8, 4) is 5.75 Å². The van der Waals surface area contributed by atoms with E-state index in [-0.39, 0.29) is 18.3 Å². The zero-order chi connectivity index (χ0) is 25.7. The molecular weight excluding hydrogens is 496 g/mol. The SMILES string of the molecule is COC(=O)c1c(NC(=O)CSc2nnc(COc3ccc(C)cc3C)n2C)sc2c1CCCCCC2. The van der Waals surface area contributed by atoms with Gasteiger partial charge in [-0.1, -0.05) is 42.3 Å². The third-order valence-electron chi connectivity index (χ3n) is 6.26. The Morgan fingerprint density at radius 1 is 1.14 bits per heavy atom. The Morgan fingerprint density at radius 3 is 2.67 bits per heavy atom. The largest absolute Gasteiger partial charge is 0.485 e. The Kier molecular flexibility index (Phi) is 8.68. The molecule has 3 aromatic rings. The molecule has 8 nitrogen and oxygen atoms in total. The summed E-state index contributed by atoms with van der Waals surface area (Å²) in [5.74, 6) is 1.04. The fourth-order valence-electron chi connectivity index (χ4n) is 4.32. The van der Waals surface area contributed by atoms with Crippen LogP contribution in [0.15, 0.2) is 23.4 Å². The van der Waals surface area contributed by atoms with Gasteiger partial charge in [-0.05, 0) is 56.7 Å². The zero-order valence-electron chi connectivity index (χ0n) is 21.2. The number of nitrogens with zero attached hydrogens (tertiary/aromatic N) is 3. The molecule has 2 heterocycles. The number of ether oxygens (including phenoxy) is 2. The standard InChI is InChI=1S/C26H32N4O4S2/c1-16-11-12-19(17(2)13-16)34-14-21-28-29-26(30(21)3)35-15-22(31)27-24-23(25(32)33-4)18-9-7-5-6-8-10-20(18)36-24/h11-13H,5-10,14-15H2,1-4H3,(H,27,31). The van der Waals surface area contributed by atoms with Crippen LogP contribution < -0.4 is 10.1 Å². The van der Waals surface area contributed by atoms with Crippen molar-refractivity contribution in [1.82, 2.24) is 14.8 Å². The van der Waals surface area contributed by atoms with Crippen molar-refractivity contribution in [1.29, 1.82) is 0 Å². The van der Waals surface area contributed by atoms with Gasteiger partial charge in [-0.25, -0.2) is 4.79 Å². The number of aromatic nitrogens is 3. The average molecular weight is 529 g/mol. The normalized spacial score (nSPS) is 13.4. The van der Waals surface area contributed by atoms with Crippen LogP contribution >= 0.6 is 23.1 Å². The van der Waals surface area contributed by atoms with Gasteiger partial charge in [0.2, 0.25) is 5.91 Å². The Labute approximate surface area is 219 Å². The molecule has 0 atom stereocenters. The van der Waals surface area contributed by atoms with Gasteiger partial charge in [-0.3, -0.25) is 4.79 Å². The molecule has 4 rings (SSSR count). The van der Waals surface area contributed by atoms with Crippen molar-refractivity contribution in [2.24, 2.45) is 7.05 Å². The first-order chi connectivity index (χ1) is 17.4. The molecule has 0 radical (unpaired) electrons. The van der Waals surface area contributed by atoms with Gasteiger partial charge >= 0.3 is 5.97 Å². The lowest BCUT2D eigenvalue weighted by Gasteiger charge is -2.11. The fourth-order valence-corrected chi connectivity index (χ4v) is 6.34. The number of benzene rings is 1. The van der Waals surface area contributed by atoms with E-state index < -0.39 is 5.97 Å². The molecule has 0 fully saturated rings. The second-order valence-corrected chi connectivity index (χ2v) is 11.0. The highest BCUT2D eigenvalue weighted by Gasteiger charge is 2.26. The lowest BCUT2D eigenvalue weighted by molar-refractivity contribution is -0.113. The Balaban J connectivity index is 1.39. The summed E-state index contributed by atoms with van der Waals surface area (Å²) in [6.07, 6.45) is 6.26. The molecule has 0 saturated carbocycles. The second-order valence-electron chi connectivity index (χ2n) is 8.97. The van der Waals surface area contributed by atoms with Crippen molar-refractivity contribution in [2.75, 3.05) is 18.2 Å². The molecule has 1 aliphatic rings. The average Bonchev–Trinajstić information content (AvgIpc) is 3.35. The first-order valence-corrected chi connectivity index (χ1v) is 13.9. The van der Waals surface area contributed by atoms with Crippen LogP contribution in [0.1, 0.15) is 63.4 Å². The predicted molar refractivity (Wildman–Crippen MR) is 142 cm³/mol. The molecule has 0 aliphatic heterocycles. The molecule has 1 aliphatic carbocycles. The van der Waals surface area contributed by atoms with Crippen LogP contribution in [0, 0.1) is 13.8 Å². The number of carbonyl (C=O) groups excluding carboxylic acids is 2. The number of aryl methyl sites for hydroxylation is 3. The van der Waals surface area contributed by atoms with Crippen LogP contribution in [-0.2, 0) is 36.0 Å². The maximum atomic E-state index is 12.8. The van der Waals surface area contributed by atoms with E-state index in [2.05, 4.69) is 21.6 Å². The van der Waals surface area contributed by atoms with Gasteiger partial charge in [-0.2, -0.15) is 0 Å². The van der Waals surface area contributed by atoms with Gasteiger partial charge in [0.05, 0.1) is 18.4 Å². The van der Waals surface area contributed by atoms with E-state index in [1.54, 1.807) is 0 Å². The third kappa shape index (κ3) is 6.10. The molecule has 1 amide bonds. The molecule has 0 spiro atoms. The van der Waals surface area contributed by atoms with E-state index in [1.807, 2.05) is 37.6 Å². The molecule has 36 heavy (non-hydrogen) atoms. The summed E-state index contributed by atoms with van der Waals surface area (Å²) in [6.45, 7) is 4.34. The van der Waals surface area contributed by atoms with Crippen LogP contribution in [-0.4, -0.2) is 39.5 Å². The molecule has 0 unspecified atom stereocenters. The van der Waals surface area contributed by atoms with Gasteiger partial charge in [0, 0.05) is 11.9 Å². The minimum absolute atomic E-state index is 0.146. The first-order valence-electron chi connectivity index (χ1n) is 12.1. The number of hydrogen-bond acceptors (Lipinski definition) is 8. The quantitative estimate of drug-likeness (QED) is 0.315. The smallest absolute Gasteiger partial charge is 0.341 e. The van der Waals surface area contributed by atoms with Gasteiger partial charge in [0.15, 0.2) is 11.0 Å². The lowest BCUT2D eigenvalue weighted by Crippen LogP contribution is -2.16. The highest BCUT2D eigenvalue weighted by Crippen LogP contribution is 2.37. The zero-order valence-corrected chi connectivity index (χ0v) is 22.8. The number of amides is 1. The van der Waals surface area contributed by atoms with Crippen LogP contribution in [0.4, 0.5) is 5.00 Å². The van der Waals surface area contributed by atoms with Gasteiger partial charge in [0.25, 0.3) is 0 Å². The summed E-state index contributed by atoms with van der Waals surface area (Å²) in [5.41, 5.74) is 3.80. The van der Waals surface area contributed by atoms with E-state index in [9.17, 15) is 9.59 Å². The summed E-state index contributed by atoms with van der Waals surface area (Å²) in [7, 11) is 3.24. The number of rotatable bonds is 8. The summed E-state index contributed by atoms with van der Waals surface area (Å²) in [4.78, 5) is 26.6. The number of fused-ring (bicyclic) bond motifs is 1. The number of thiophene rings is 1. The monoisotopic (exact) mass is 528 g/mol. The number of carbonyl (C=O) groups is 2. The molecule has 192 valence electrons. The molecule has 10 heteroatoms. The highest BCUT2D eigenvalue weighted by atomic mass is 32.2. The van der Waals surface area contributed by atoms with Crippen molar-refractivity contribution < 1.29 is 19.1 Å². The fraction of sp³-hybridized carbons (Fsp3) is 0.462. The highest BCUT2D eigenvalue weighted by molar-refractivity contribution is 7.99. The van der Waals surface area contributed by atoms with Crippen LogP contribution in [0.5, 0.6) is 5.75 Å². The second kappa shape index (κ2) is 11.9. The molecule has 2 aromatic heterocycles. The number of esters is 1. The summed E-state index contributed by atoms with van der Waals surface area (Å²) >= 11 is 2.79. The molecule has 0 saturated heterocycles. The van der Waals surface area contributed by atoms with E-state index in [4.69, 9.17) is 9.47 Å². The Bertz CT molecular complexity index is 1250. The molecule has 1 aromatic carbocycles. The van der Waals surface area contributed by atoms with Crippen molar-refractivity contribution in [2.45, 2.75) is 64.1 Å². The third-order valence-corrected chi connectivity index (χ3v) is 8.49. The van der Waals surface area contributed by atoms with Crippen LogP contribution in [0.25, 0.3) is 0 Å². The van der Waals surface area contributed by atoms with Crippen molar-refractivity contribution in [3.05, 3.63) is 51.2 Å². The summed E-state index contributed by atoms with van der Waals surface area (Å²) in [6, 6.07) is 6.04. The molecule has 0 bridgehead atoms. The lowest BCUT2D eigenvalue weighted by atomic mass is 9.96. The first kappa shape index (κ1) is 26.2. The van der Waals surface area contributed by atoms with E-state index >= 15 is 0 Å². The minimum atomic E-state index is -0.391. The van der Waals surface area contributed by atoms with Crippen LogP contribution in [0.2, 0.25) is 0 Å². The number of anilines is 1. The number of nitrogens with one attached hydrogen (secondary N) is 1. The number of methoxy groups -OCH3 is 1. The maximum Gasteiger partial charge on any atom is 0.341 e. The molecular formula is C26H32N4O4S2. The van der Waals surface area contributed by atoms with E-state index in [0.717, 1.165) is 49.0 Å². The maximum absolute atomic E-state index is 12.8. The topological polar surface area (TPSA) is 95.3 Å². The summed E-state index contributed by atoms with van der Waals surface area (Å²) in [5, 5.41) is 12.6. The summed E-state index contributed by atoms with van der Waals surface area (Å²) < 4.78 is 12.8. The number of hydrogen-bond donors (Lipinski definition) is 1. The predicted octanol–water partition coefficient (Wildman–Crippen LogP) is 5.25. The van der Waals surface area contributed by atoms with Gasteiger partial charge in [0.1, 0.15) is 17.4 Å². The van der Waals surface area contributed by atoms with Crippen molar-refractivity contribution in [3.63, 3.8) is 0 Å². The van der Waals surface area contributed by atoms with Gasteiger partial charge in [-0.15, -0.1) is 21.5 Å². The Hall–Kier alpha value is -2.85. The van der Waals surface area contributed by atoms with E-state index in [1.165, 1.54) is 47.1 Å². The molecule has 1 N–H and O–H groups in total. The minimum Gasteiger partial charge on any atom is -0.485 e. The number of thioether (sulfide) groups is 1.